The molecular formula is C17H22N2O5S. The number of thiocarbonyl (C=S) groups is 1. The van der Waals surface area contributed by atoms with Crippen molar-refractivity contribution in [3.63, 3.8) is 0 Å². The fourth-order valence-electron chi connectivity index (χ4n) is 3.10. The first-order valence-electron chi connectivity index (χ1n) is 7.78. The van der Waals surface area contributed by atoms with Gasteiger partial charge in [0.1, 0.15) is 5.92 Å². The Hall–Kier alpha value is -2.35. The monoisotopic (exact) mass is 366 g/mol. The van der Waals surface area contributed by atoms with Crippen molar-refractivity contribution in [3.8, 4) is 17.2 Å². The van der Waals surface area contributed by atoms with E-state index in [1.807, 2.05) is 6.92 Å². The van der Waals surface area contributed by atoms with E-state index in [9.17, 15) is 9.90 Å². The summed E-state index contributed by atoms with van der Waals surface area (Å²) < 4.78 is 16.1. The number of rotatable bonds is 6. The van der Waals surface area contributed by atoms with Crippen LogP contribution in [0.15, 0.2) is 17.1 Å². The van der Waals surface area contributed by atoms with Crippen LogP contribution in [0.5, 0.6) is 17.2 Å². The highest BCUT2D eigenvalue weighted by Crippen LogP contribution is 2.43. The molecule has 136 valence electrons. The van der Waals surface area contributed by atoms with Crippen LogP contribution in [-0.4, -0.2) is 54.7 Å². The summed E-state index contributed by atoms with van der Waals surface area (Å²) >= 11 is 5.35. The summed E-state index contributed by atoms with van der Waals surface area (Å²) in [6, 6.07) is 3.00. The van der Waals surface area contributed by atoms with Gasteiger partial charge in [-0.25, -0.2) is 4.99 Å². The van der Waals surface area contributed by atoms with Gasteiger partial charge in [-0.15, -0.1) is 0 Å². The summed E-state index contributed by atoms with van der Waals surface area (Å²) in [5.41, 5.74) is 1.18. The molecule has 7 nitrogen and oxygen atoms in total. The van der Waals surface area contributed by atoms with Gasteiger partial charge in [0.05, 0.1) is 27.4 Å². The summed E-state index contributed by atoms with van der Waals surface area (Å²) in [5, 5.41) is 10.1. The van der Waals surface area contributed by atoms with E-state index in [1.54, 1.807) is 24.0 Å². The first kappa shape index (κ1) is 19.0. The van der Waals surface area contributed by atoms with Crippen LogP contribution in [-0.2, 0) is 4.79 Å². The number of nitrogens with zero attached hydrogens (tertiary/aromatic N) is 2. The standard InChI is InChI=1S/C17H22N2O5S/c1-6-19-14(13(16(20)21)9(2)18-17(19)25)10-7-11(22-3)15(24-5)12(8-10)23-4/h7-8,13-14H,6H2,1-5H3,(H,20,21). The van der Waals surface area contributed by atoms with Gasteiger partial charge in [-0.05, 0) is 43.8 Å². The lowest BCUT2D eigenvalue weighted by atomic mass is 9.86. The van der Waals surface area contributed by atoms with E-state index in [0.29, 0.717) is 40.2 Å². The molecule has 0 saturated heterocycles. The van der Waals surface area contributed by atoms with Crippen molar-refractivity contribution in [3.05, 3.63) is 17.7 Å². The van der Waals surface area contributed by atoms with Crippen LogP contribution >= 0.6 is 12.2 Å². The maximum Gasteiger partial charge on any atom is 0.314 e. The topological polar surface area (TPSA) is 80.6 Å². The lowest BCUT2D eigenvalue weighted by Gasteiger charge is -2.39. The Labute approximate surface area is 152 Å². The Morgan fingerprint density at radius 2 is 1.80 bits per heavy atom. The lowest BCUT2D eigenvalue weighted by Crippen LogP contribution is -2.46. The SMILES string of the molecule is CCN1C(=S)N=C(C)C(C(=O)O)C1c1cc(OC)c(OC)c(OC)c1. The van der Waals surface area contributed by atoms with Crippen molar-refractivity contribution in [1.29, 1.82) is 0 Å². The minimum Gasteiger partial charge on any atom is -0.493 e. The predicted molar refractivity (Wildman–Crippen MR) is 98.1 cm³/mol. The zero-order valence-corrected chi connectivity index (χ0v) is 15.7. The number of carboxylic acid groups (broad SMARTS) is 1. The molecule has 0 fully saturated rings. The normalized spacial score (nSPS) is 20.1. The van der Waals surface area contributed by atoms with Crippen molar-refractivity contribution in [2.45, 2.75) is 19.9 Å². The predicted octanol–water partition coefficient (Wildman–Crippen LogP) is 2.54. The molecule has 0 saturated carbocycles. The van der Waals surface area contributed by atoms with E-state index in [0.717, 1.165) is 0 Å². The largest absolute Gasteiger partial charge is 0.493 e. The number of aliphatic carboxylic acids is 1. The molecule has 0 aromatic heterocycles. The van der Waals surface area contributed by atoms with Crippen molar-refractivity contribution in [1.82, 2.24) is 4.90 Å². The summed E-state index contributed by atoms with van der Waals surface area (Å²) in [5.74, 6) is -0.408. The number of carboxylic acids is 1. The number of aliphatic imine (C=N–C) groups is 1. The van der Waals surface area contributed by atoms with Crippen LogP contribution in [0.25, 0.3) is 0 Å². The molecule has 2 rings (SSSR count). The second-order valence-electron chi connectivity index (χ2n) is 5.54. The van der Waals surface area contributed by atoms with Gasteiger partial charge in [-0.3, -0.25) is 4.79 Å². The summed E-state index contributed by atoms with van der Waals surface area (Å²) in [6.45, 7) is 4.12. The summed E-state index contributed by atoms with van der Waals surface area (Å²) in [7, 11) is 4.56. The Morgan fingerprint density at radius 3 is 2.20 bits per heavy atom. The van der Waals surface area contributed by atoms with Crippen LogP contribution in [0.2, 0.25) is 0 Å². The van der Waals surface area contributed by atoms with E-state index < -0.39 is 17.9 Å². The van der Waals surface area contributed by atoms with Gasteiger partial charge in [-0.1, -0.05) is 0 Å². The third kappa shape index (κ3) is 3.39. The van der Waals surface area contributed by atoms with E-state index in [1.165, 1.54) is 21.3 Å². The summed E-state index contributed by atoms with van der Waals surface area (Å²) in [4.78, 5) is 17.9. The van der Waals surface area contributed by atoms with Gasteiger partial charge in [0.15, 0.2) is 16.6 Å². The number of benzene rings is 1. The number of hydrogen-bond acceptors (Lipinski definition) is 5. The van der Waals surface area contributed by atoms with Crippen molar-refractivity contribution in [2.75, 3.05) is 27.9 Å². The maximum atomic E-state index is 11.9. The lowest BCUT2D eigenvalue weighted by molar-refractivity contribution is -0.141. The molecule has 2 atom stereocenters. The fraction of sp³-hybridized carbons (Fsp3) is 0.471. The second kappa shape index (κ2) is 7.69. The van der Waals surface area contributed by atoms with Crippen LogP contribution < -0.4 is 14.2 Å². The molecule has 1 aliphatic heterocycles. The van der Waals surface area contributed by atoms with E-state index >= 15 is 0 Å². The van der Waals surface area contributed by atoms with Gasteiger partial charge in [0.2, 0.25) is 5.75 Å². The second-order valence-corrected chi connectivity index (χ2v) is 5.91. The third-order valence-electron chi connectivity index (χ3n) is 4.25. The van der Waals surface area contributed by atoms with Crippen molar-refractivity contribution < 1.29 is 24.1 Å². The van der Waals surface area contributed by atoms with Gasteiger partial charge >= 0.3 is 5.97 Å². The first-order valence-corrected chi connectivity index (χ1v) is 8.18. The van der Waals surface area contributed by atoms with Gasteiger partial charge in [-0.2, -0.15) is 0 Å². The molecule has 0 aliphatic carbocycles. The van der Waals surface area contributed by atoms with Crippen molar-refractivity contribution >= 4 is 29.0 Å². The highest BCUT2D eigenvalue weighted by Gasteiger charge is 2.41. The Kier molecular flexibility index (Phi) is 5.84. The van der Waals surface area contributed by atoms with Crippen molar-refractivity contribution in [2.24, 2.45) is 10.9 Å². The zero-order chi connectivity index (χ0) is 18.7. The van der Waals surface area contributed by atoms with E-state index in [2.05, 4.69) is 4.99 Å². The Bertz CT molecular complexity index is 694. The minimum atomic E-state index is -0.957. The molecule has 1 aliphatic rings. The molecule has 1 heterocycles. The van der Waals surface area contributed by atoms with E-state index in [4.69, 9.17) is 26.4 Å². The number of hydrogen-bond donors (Lipinski definition) is 1. The average molecular weight is 366 g/mol. The third-order valence-corrected chi connectivity index (χ3v) is 4.58. The van der Waals surface area contributed by atoms with E-state index in [-0.39, 0.29) is 0 Å². The highest BCUT2D eigenvalue weighted by molar-refractivity contribution is 7.80. The molecule has 1 N–H and O–H groups in total. The van der Waals surface area contributed by atoms with Crippen LogP contribution in [0.3, 0.4) is 0 Å². The van der Waals surface area contributed by atoms with Crippen LogP contribution in [0.4, 0.5) is 0 Å². The zero-order valence-electron chi connectivity index (χ0n) is 14.9. The first-order chi connectivity index (χ1) is 11.9. The molecule has 1 aromatic rings. The minimum absolute atomic E-state index is 0.372. The van der Waals surface area contributed by atoms with Gasteiger partial charge in [0.25, 0.3) is 0 Å². The molecule has 1 aromatic carbocycles. The molecule has 8 heteroatoms. The fourth-order valence-corrected chi connectivity index (χ4v) is 3.49. The molecule has 25 heavy (non-hydrogen) atoms. The van der Waals surface area contributed by atoms with Crippen LogP contribution in [0.1, 0.15) is 25.5 Å². The highest BCUT2D eigenvalue weighted by atomic mass is 32.1. The van der Waals surface area contributed by atoms with Gasteiger partial charge in [0, 0.05) is 12.3 Å². The molecule has 2 unspecified atom stereocenters. The smallest absolute Gasteiger partial charge is 0.314 e. The van der Waals surface area contributed by atoms with Crippen LogP contribution in [0, 0.1) is 5.92 Å². The van der Waals surface area contributed by atoms with Gasteiger partial charge < -0.3 is 24.2 Å². The quantitative estimate of drug-likeness (QED) is 0.775. The Balaban J connectivity index is 2.69. The average Bonchev–Trinajstić information content (AvgIpc) is 2.59. The molecule has 0 bridgehead atoms. The molecule has 0 spiro atoms. The Morgan fingerprint density at radius 1 is 1.24 bits per heavy atom. The molecule has 0 amide bonds. The number of carbonyl (C=O) groups is 1. The molecular weight excluding hydrogens is 344 g/mol. The maximum absolute atomic E-state index is 11.9. The number of methoxy groups -OCH3 is 3. The number of ether oxygens (including phenoxy) is 3. The molecule has 0 radical (unpaired) electrons. The summed E-state index contributed by atoms with van der Waals surface area (Å²) in [6.07, 6.45) is 0.